The fourth-order valence-corrected chi connectivity index (χ4v) is 3.66. The lowest BCUT2D eigenvalue weighted by atomic mass is 10.0. The standard InChI is InChI=1S/C17H11BrClFN2O/c18-16-15-12(20)5-2-6-13(15)22(21-16)17(23)14-10(9-7-8-9)3-1-4-11(14)19/h1-6,9H,7-8H2. The highest BCUT2D eigenvalue weighted by atomic mass is 79.9. The lowest BCUT2D eigenvalue weighted by molar-refractivity contribution is 0.0949. The Morgan fingerprint density at radius 1 is 1.26 bits per heavy atom. The van der Waals surface area contributed by atoms with Gasteiger partial charge in [-0.05, 0) is 58.5 Å². The maximum absolute atomic E-state index is 14.0. The summed E-state index contributed by atoms with van der Waals surface area (Å²) in [6.07, 6.45) is 2.11. The average molecular weight is 394 g/mol. The molecule has 6 heteroatoms. The molecule has 1 aliphatic rings. The molecule has 116 valence electrons. The summed E-state index contributed by atoms with van der Waals surface area (Å²) in [5.74, 6) is -0.386. The lowest BCUT2D eigenvalue weighted by Crippen LogP contribution is -2.16. The fourth-order valence-electron chi connectivity index (χ4n) is 2.85. The largest absolute Gasteiger partial charge is 0.280 e. The van der Waals surface area contributed by atoms with Crippen LogP contribution >= 0.6 is 27.5 Å². The third kappa shape index (κ3) is 2.39. The minimum Gasteiger partial charge on any atom is -0.267 e. The zero-order chi connectivity index (χ0) is 16.1. The molecule has 1 aromatic heterocycles. The summed E-state index contributed by atoms with van der Waals surface area (Å²) in [7, 11) is 0. The molecule has 0 saturated heterocycles. The second kappa shape index (κ2) is 5.42. The number of carbonyl (C=O) groups excluding carboxylic acids is 1. The van der Waals surface area contributed by atoms with Crippen LogP contribution < -0.4 is 0 Å². The molecule has 0 N–H and O–H groups in total. The molecule has 3 nitrogen and oxygen atoms in total. The molecular weight excluding hydrogens is 383 g/mol. The topological polar surface area (TPSA) is 34.9 Å². The molecule has 4 rings (SSSR count). The van der Waals surface area contributed by atoms with Crippen molar-refractivity contribution in [2.24, 2.45) is 0 Å². The third-order valence-electron chi connectivity index (χ3n) is 4.08. The number of hydrogen-bond donors (Lipinski definition) is 0. The van der Waals surface area contributed by atoms with E-state index in [1.54, 1.807) is 18.2 Å². The van der Waals surface area contributed by atoms with Crippen molar-refractivity contribution in [1.29, 1.82) is 0 Å². The van der Waals surface area contributed by atoms with Gasteiger partial charge in [0.1, 0.15) is 10.4 Å². The second-order valence-corrected chi connectivity index (χ2v) is 6.78. The maximum atomic E-state index is 14.0. The number of fused-ring (bicyclic) bond motifs is 1. The van der Waals surface area contributed by atoms with Crippen LogP contribution in [-0.2, 0) is 0 Å². The molecule has 1 heterocycles. The molecule has 0 aliphatic heterocycles. The summed E-state index contributed by atoms with van der Waals surface area (Å²) in [6.45, 7) is 0. The minimum atomic E-state index is -0.421. The Kier molecular flexibility index (Phi) is 3.50. The Morgan fingerprint density at radius 2 is 2.00 bits per heavy atom. The van der Waals surface area contributed by atoms with Crippen LogP contribution in [0.25, 0.3) is 10.9 Å². The van der Waals surface area contributed by atoms with E-state index in [1.807, 2.05) is 12.1 Å². The molecule has 23 heavy (non-hydrogen) atoms. The summed E-state index contributed by atoms with van der Waals surface area (Å²) in [4.78, 5) is 13.0. The first kappa shape index (κ1) is 14.8. The molecule has 0 atom stereocenters. The molecule has 0 bridgehead atoms. The van der Waals surface area contributed by atoms with Crippen molar-refractivity contribution in [1.82, 2.24) is 9.78 Å². The van der Waals surface area contributed by atoms with Gasteiger partial charge in [-0.2, -0.15) is 9.78 Å². The zero-order valence-electron chi connectivity index (χ0n) is 11.9. The van der Waals surface area contributed by atoms with E-state index in [2.05, 4.69) is 21.0 Å². The summed E-state index contributed by atoms with van der Waals surface area (Å²) >= 11 is 9.52. The van der Waals surface area contributed by atoms with Gasteiger partial charge in [-0.3, -0.25) is 4.79 Å². The first-order chi connectivity index (χ1) is 11.1. The van der Waals surface area contributed by atoms with Gasteiger partial charge < -0.3 is 0 Å². The highest BCUT2D eigenvalue weighted by Crippen LogP contribution is 2.43. The number of hydrogen-bond acceptors (Lipinski definition) is 2. The van der Waals surface area contributed by atoms with Gasteiger partial charge in [-0.1, -0.05) is 29.8 Å². The molecule has 1 saturated carbocycles. The fraction of sp³-hybridized carbons (Fsp3) is 0.176. The monoisotopic (exact) mass is 392 g/mol. The Hall–Kier alpha value is -1.72. The predicted octanol–water partition coefficient (Wildman–Crippen LogP) is 5.16. The summed E-state index contributed by atoms with van der Waals surface area (Å²) < 4.78 is 15.5. The van der Waals surface area contributed by atoms with Crippen LogP contribution in [-0.4, -0.2) is 15.7 Å². The highest BCUT2D eigenvalue weighted by Gasteiger charge is 2.31. The van der Waals surface area contributed by atoms with Crippen molar-refractivity contribution in [2.45, 2.75) is 18.8 Å². The number of carbonyl (C=O) groups is 1. The van der Waals surface area contributed by atoms with E-state index in [1.165, 1.54) is 10.7 Å². The lowest BCUT2D eigenvalue weighted by Gasteiger charge is -2.10. The molecule has 1 fully saturated rings. The van der Waals surface area contributed by atoms with Crippen molar-refractivity contribution >= 4 is 44.3 Å². The maximum Gasteiger partial charge on any atom is 0.280 e. The molecule has 0 unspecified atom stereocenters. The molecule has 3 aromatic rings. The second-order valence-electron chi connectivity index (χ2n) is 5.62. The molecular formula is C17H11BrClFN2O. The predicted molar refractivity (Wildman–Crippen MR) is 90.5 cm³/mol. The van der Waals surface area contributed by atoms with Gasteiger partial charge in [0.15, 0.2) is 0 Å². The van der Waals surface area contributed by atoms with Crippen LogP contribution in [0.2, 0.25) is 5.02 Å². The van der Waals surface area contributed by atoms with Crippen LogP contribution in [0.1, 0.15) is 34.7 Å². The molecule has 2 aromatic carbocycles. The quantitative estimate of drug-likeness (QED) is 0.603. The zero-order valence-corrected chi connectivity index (χ0v) is 14.2. The van der Waals surface area contributed by atoms with Gasteiger partial charge >= 0.3 is 0 Å². The van der Waals surface area contributed by atoms with E-state index in [9.17, 15) is 9.18 Å². The Labute approximate surface area is 145 Å². The number of aromatic nitrogens is 2. The van der Waals surface area contributed by atoms with Crippen LogP contribution in [0.3, 0.4) is 0 Å². The van der Waals surface area contributed by atoms with E-state index in [0.29, 0.717) is 32.0 Å². The smallest absolute Gasteiger partial charge is 0.267 e. The Bertz CT molecular complexity index is 949. The van der Waals surface area contributed by atoms with Crippen molar-refractivity contribution in [2.75, 3.05) is 0 Å². The SMILES string of the molecule is O=C(c1c(Cl)cccc1C1CC1)n1nc(Br)c2c(F)cccc21. The van der Waals surface area contributed by atoms with Gasteiger partial charge in [0.25, 0.3) is 5.91 Å². The normalized spacial score (nSPS) is 14.4. The first-order valence-electron chi connectivity index (χ1n) is 7.24. The van der Waals surface area contributed by atoms with E-state index >= 15 is 0 Å². The van der Waals surface area contributed by atoms with Crippen molar-refractivity contribution in [3.05, 3.63) is 63.0 Å². The van der Waals surface area contributed by atoms with Crippen LogP contribution in [0, 0.1) is 5.82 Å². The third-order valence-corrected chi connectivity index (χ3v) is 4.95. The van der Waals surface area contributed by atoms with Gasteiger partial charge in [0, 0.05) is 0 Å². The van der Waals surface area contributed by atoms with E-state index in [0.717, 1.165) is 18.4 Å². The number of rotatable bonds is 2. The number of halogens is 3. The van der Waals surface area contributed by atoms with Crippen LogP contribution in [0.5, 0.6) is 0 Å². The van der Waals surface area contributed by atoms with Gasteiger partial charge in [-0.15, -0.1) is 0 Å². The molecule has 0 radical (unpaired) electrons. The van der Waals surface area contributed by atoms with Crippen LogP contribution in [0.15, 0.2) is 41.0 Å². The van der Waals surface area contributed by atoms with Gasteiger partial charge in [0.05, 0.1) is 21.5 Å². The Balaban J connectivity index is 1.93. The van der Waals surface area contributed by atoms with Crippen LogP contribution in [0.4, 0.5) is 4.39 Å². The molecule has 1 aliphatic carbocycles. The van der Waals surface area contributed by atoms with Crippen molar-refractivity contribution in [3.8, 4) is 0 Å². The molecule has 0 amide bonds. The van der Waals surface area contributed by atoms with Gasteiger partial charge in [0.2, 0.25) is 0 Å². The first-order valence-corrected chi connectivity index (χ1v) is 8.41. The summed E-state index contributed by atoms with van der Waals surface area (Å²) in [5, 5.41) is 4.87. The average Bonchev–Trinajstić information content (AvgIpc) is 3.31. The van der Waals surface area contributed by atoms with Crippen molar-refractivity contribution in [3.63, 3.8) is 0 Å². The minimum absolute atomic E-state index is 0.292. The summed E-state index contributed by atoms with van der Waals surface area (Å²) in [6, 6.07) is 10.0. The van der Waals surface area contributed by atoms with E-state index < -0.39 is 5.82 Å². The Morgan fingerprint density at radius 3 is 2.74 bits per heavy atom. The van der Waals surface area contributed by atoms with Crippen molar-refractivity contribution < 1.29 is 9.18 Å². The number of nitrogens with zero attached hydrogens (tertiary/aromatic N) is 2. The summed E-state index contributed by atoms with van der Waals surface area (Å²) in [5.41, 5.74) is 1.82. The number of benzene rings is 2. The highest BCUT2D eigenvalue weighted by molar-refractivity contribution is 9.10. The molecule has 0 spiro atoms. The van der Waals surface area contributed by atoms with E-state index in [4.69, 9.17) is 11.6 Å². The van der Waals surface area contributed by atoms with E-state index in [-0.39, 0.29) is 5.91 Å². The van der Waals surface area contributed by atoms with Gasteiger partial charge in [-0.25, -0.2) is 4.39 Å².